The minimum Gasteiger partial charge on any atom is -0.458 e. The van der Waals surface area contributed by atoms with Crippen molar-refractivity contribution in [1.82, 2.24) is 0 Å². The van der Waals surface area contributed by atoms with Gasteiger partial charge in [0, 0.05) is 0 Å². The summed E-state index contributed by atoms with van der Waals surface area (Å²) in [5.74, 6) is -2.27. The third kappa shape index (κ3) is 9.54. The Morgan fingerprint density at radius 2 is 0.789 bits per heavy atom. The van der Waals surface area contributed by atoms with Gasteiger partial charge >= 0.3 is 23.9 Å². The van der Waals surface area contributed by atoms with Crippen molar-refractivity contribution in [2.45, 2.75) is 39.9 Å². The van der Waals surface area contributed by atoms with E-state index in [1.807, 2.05) is 13.8 Å². The highest BCUT2D eigenvalue weighted by Gasteiger charge is 2.17. The fourth-order valence-electron chi connectivity index (χ4n) is 3.01. The molecule has 0 aromatic heterocycles. The van der Waals surface area contributed by atoms with Crippen LogP contribution in [-0.2, 0) is 18.9 Å². The molecule has 8 nitrogen and oxygen atoms in total. The second-order valence-electron chi connectivity index (χ2n) is 7.94. The van der Waals surface area contributed by atoms with Gasteiger partial charge in [0.15, 0.2) is 0 Å². The van der Waals surface area contributed by atoms with Crippen molar-refractivity contribution >= 4 is 23.9 Å². The summed E-state index contributed by atoms with van der Waals surface area (Å²) in [6.45, 7) is 7.00. The lowest BCUT2D eigenvalue weighted by Gasteiger charge is -2.14. The zero-order valence-electron chi connectivity index (χ0n) is 21.9. The van der Waals surface area contributed by atoms with E-state index >= 15 is 0 Å². The molecule has 0 aliphatic heterocycles. The van der Waals surface area contributed by atoms with Crippen molar-refractivity contribution in [3.05, 3.63) is 107 Å². The van der Waals surface area contributed by atoms with Crippen molar-refractivity contribution in [2.24, 2.45) is 0 Å². The second-order valence-corrected chi connectivity index (χ2v) is 7.94. The molecule has 0 amide bonds. The highest BCUT2D eigenvalue weighted by Crippen LogP contribution is 2.11. The molecule has 0 aliphatic rings. The van der Waals surface area contributed by atoms with Gasteiger partial charge in [-0.1, -0.05) is 50.2 Å². The van der Waals surface area contributed by atoms with E-state index in [0.717, 1.165) is 0 Å². The summed E-state index contributed by atoms with van der Waals surface area (Å²) in [4.78, 5) is 48.7. The first-order valence-electron chi connectivity index (χ1n) is 12.3. The Kier molecular flexibility index (Phi) is 12.2. The van der Waals surface area contributed by atoms with Gasteiger partial charge in [-0.2, -0.15) is 0 Å². The highest BCUT2D eigenvalue weighted by atomic mass is 16.6. The molecular weight excluding hydrogens is 488 g/mol. The van der Waals surface area contributed by atoms with Crippen molar-refractivity contribution in [3.8, 4) is 0 Å². The smallest absolute Gasteiger partial charge is 0.338 e. The first-order chi connectivity index (χ1) is 18.3. The molecule has 0 saturated carbocycles. The molecule has 0 aliphatic carbocycles. The topological polar surface area (TPSA) is 105 Å². The van der Waals surface area contributed by atoms with Crippen LogP contribution in [0.25, 0.3) is 0 Å². The Hall–Kier alpha value is -4.46. The average molecular weight is 521 g/mol. The first kappa shape index (κ1) is 29.8. The Balaban J connectivity index is 0.00000247. The monoisotopic (exact) mass is 520 g/mol. The molecule has 38 heavy (non-hydrogen) atoms. The fourth-order valence-corrected chi connectivity index (χ4v) is 3.01. The number of benzene rings is 3. The van der Waals surface area contributed by atoms with E-state index < -0.39 is 36.1 Å². The first-order valence-corrected chi connectivity index (χ1v) is 12.3. The van der Waals surface area contributed by atoms with Gasteiger partial charge in [-0.15, -0.1) is 0 Å². The molecule has 0 heterocycles. The minimum absolute atomic E-state index is 0.100. The van der Waals surface area contributed by atoms with Crippen LogP contribution in [0.15, 0.2) is 84.9 Å². The zero-order chi connectivity index (χ0) is 27.9. The van der Waals surface area contributed by atoms with Crippen LogP contribution in [0.3, 0.4) is 0 Å². The van der Waals surface area contributed by atoms with Crippen LogP contribution in [0.1, 0.15) is 69.1 Å². The molecule has 2 atom stereocenters. The van der Waals surface area contributed by atoms with E-state index in [9.17, 15) is 19.2 Å². The molecule has 200 valence electrons. The molecular formula is C30H32O8. The molecule has 0 saturated heterocycles. The zero-order valence-corrected chi connectivity index (χ0v) is 21.9. The number of carbonyl (C=O) groups is 4. The van der Waals surface area contributed by atoms with E-state index in [2.05, 4.69) is 0 Å². The largest absolute Gasteiger partial charge is 0.458 e. The van der Waals surface area contributed by atoms with Gasteiger partial charge in [0.1, 0.15) is 25.4 Å². The van der Waals surface area contributed by atoms with Gasteiger partial charge in [0.25, 0.3) is 0 Å². The van der Waals surface area contributed by atoms with Gasteiger partial charge in [-0.3, -0.25) is 0 Å². The summed E-state index contributed by atoms with van der Waals surface area (Å²) in [7, 11) is 0. The Morgan fingerprint density at radius 1 is 0.500 bits per heavy atom. The van der Waals surface area contributed by atoms with Gasteiger partial charge in [-0.05, 0) is 62.4 Å². The number of esters is 4. The van der Waals surface area contributed by atoms with Gasteiger partial charge in [0.2, 0.25) is 0 Å². The van der Waals surface area contributed by atoms with Crippen LogP contribution >= 0.6 is 0 Å². The standard InChI is InChI=1S/C28H26O8.C2H6/c1-19(35-27(31)22-11-7-4-8-12-22)18-34-26(30)23-13-15-24(16-14-23)28(32)36-20(2)17-33-25(29)21-9-5-3-6-10-21;1-2/h3-16,19-20H,17-18H2,1-2H3;1-2H3. The van der Waals surface area contributed by atoms with Crippen LogP contribution in [0, 0.1) is 0 Å². The van der Waals surface area contributed by atoms with Gasteiger partial charge in [0.05, 0.1) is 22.3 Å². The Morgan fingerprint density at radius 3 is 1.16 bits per heavy atom. The van der Waals surface area contributed by atoms with Gasteiger partial charge < -0.3 is 18.9 Å². The number of carbonyl (C=O) groups excluding carboxylic acids is 4. The number of hydrogen-bond acceptors (Lipinski definition) is 8. The average Bonchev–Trinajstić information content (AvgIpc) is 2.96. The molecule has 0 N–H and O–H groups in total. The second kappa shape index (κ2) is 15.6. The van der Waals surface area contributed by atoms with E-state index in [1.54, 1.807) is 74.5 Å². The predicted octanol–water partition coefficient (Wildman–Crippen LogP) is 5.52. The molecule has 0 fully saturated rings. The Labute approximate surface area is 222 Å². The summed E-state index contributed by atoms with van der Waals surface area (Å²) in [6, 6.07) is 22.7. The van der Waals surface area contributed by atoms with Crippen molar-refractivity contribution in [1.29, 1.82) is 0 Å². The van der Waals surface area contributed by atoms with Crippen molar-refractivity contribution < 1.29 is 38.1 Å². The maximum Gasteiger partial charge on any atom is 0.338 e. The van der Waals surface area contributed by atoms with Crippen molar-refractivity contribution in [2.75, 3.05) is 13.2 Å². The maximum atomic E-state index is 12.4. The molecule has 0 radical (unpaired) electrons. The summed E-state index contributed by atoms with van der Waals surface area (Å²) in [6.07, 6.45) is -1.32. The van der Waals surface area contributed by atoms with Crippen LogP contribution < -0.4 is 0 Å². The van der Waals surface area contributed by atoms with Crippen LogP contribution in [0.2, 0.25) is 0 Å². The molecule has 0 spiro atoms. The molecule has 3 rings (SSSR count). The summed E-state index contributed by atoms with van der Waals surface area (Å²) in [5, 5.41) is 0. The predicted molar refractivity (Wildman–Crippen MR) is 141 cm³/mol. The SMILES string of the molecule is CC.CC(COC(=O)c1ccc(C(=O)OC(C)COC(=O)c2ccccc2)cc1)OC(=O)c1ccccc1. The van der Waals surface area contributed by atoms with Crippen LogP contribution in [0.4, 0.5) is 0 Å². The van der Waals surface area contributed by atoms with Gasteiger partial charge in [-0.25, -0.2) is 19.2 Å². The lowest BCUT2D eigenvalue weighted by Crippen LogP contribution is -2.23. The van der Waals surface area contributed by atoms with E-state index in [0.29, 0.717) is 11.1 Å². The third-order valence-corrected chi connectivity index (χ3v) is 4.89. The highest BCUT2D eigenvalue weighted by molar-refractivity contribution is 5.93. The number of rotatable bonds is 10. The van der Waals surface area contributed by atoms with E-state index in [4.69, 9.17) is 18.9 Å². The van der Waals surface area contributed by atoms with Crippen LogP contribution in [0.5, 0.6) is 0 Å². The quantitative estimate of drug-likeness (QED) is 0.254. The lowest BCUT2D eigenvalue weighted by atomic mass is 10.1. The molecule has 8 heteroatoms. The maximum absolute atomic E-state index is 12.4. The minimum atomic E-state index is -0.671. The summed E-state index contributed by atoms with van der Waals surface area (Å²) >= 11 is 0. The lowest BCUT2D eigenvalue weighted by molar-refractivity contribution is 0.00425. The van der Waals surface area contributed by atoms with Crippen LogP contribution in [-0.4, -0.2) is 49.3 Å². The number of hydrogen-bond donors (Lipinski definition) is 0. The summed E-state index contributed by atoms with van der Waals surface area (Å²) in [5.41, 5.74) is 1.25. The number of ether oxygens (including phenoxy) is 4. The fraction of sp³-hybridized carbons (Fsp3) is 0.267. The van der Waals surface area contributed by atoms with E-state index in [-0.39, 0.29) is 24.3 Å². The summed E-state index contributed by atoms with van der Waals surface area (Å²) < 4.78 is 20.9. The normalized spacial score (nSPS) is 11.6. The molecule has 2 unspecified atom stereocenters. The molecule has 0 bridgehead atoms. The Bertz CT molecular complexity index is 1170. The van der Waals surface area contributed by atoms with Crippen molar-refractivity contribution in [3.63, 3.8) is 0 Å². The van der Waals surface area contributed by atoms with E-state index in [1.165, 1.54) is 24.3 Å². The molecule has 3 aromatic rings. The molecule has 3 aromatic carbocycles. The third-order valence-electron chi connectivity index (χ3n) is 4.89.